The summed E-state index contributed by atoms with van der Waals surface area (Å²) in [6.07, 6.45) is 0. The first-order valence-electron chi connectivity index (χ1n) is 23.4. The van der Waals surface area contributed by atoms with Crippen LogP contribution in [-0.4, -0.2) is 0 Å². The van der Waals surface area contributed by atoms with Gasteiger partial charge in [-0.2, -0.15) is 0 Å². The highest BCUT2D eigenvalue weighted by Crippen LogP contribution is 2.62. The summed E-state index contributed by atoms with van der Waals surface area (Å²) in [5.41, 5.74) is -6.49. The van der Waals surface area contributed by atoms with E-state index < -0.39 is 176 Å². The standard InChI is InChI=1S/C43H26O2/c1-2-13-29(32-17-11-23-41-42(32)33-16-5-9-21-38(33)44-41)28(12-1)27-24-25-40-37(26-27)43(36-20-8-10-22-39(36)45-40)34-18-6-3-14-30(34)31-15-4-7-19-35(31)43/h1-26H/i1D,2D,3D,4D,6D,7D,8D,10D,12D,13D,14D,15D,18D,19D,20D,22D,24D,25D,26D. The van der Waals surface area contributed by atoms with Crippen LogP contribution in [0, 0.1) is 0 Å². The van der Waals surface area contributed by atoms with Crippen LogP contribution in [0.4, 0.5) is 0 Å². The van der Waals surface area contributed by atoms with Gasteiger partial charge in [0, 0.05) is 21.9 Å². The molecule has 0 unspecified atom stereocenters. The fraction of sp³-hybridized carbons (Fsp3) is 0.0233. The van der Waals surface area contributed by atoms with Crippen molar-refractivity contribution in [2.75, 3.05) is 0 Å². The van der Waals surface area contributed by atoms with E-state index in [1.807, 2.05) is 0 Å². The van der Waals surface area contributed by atoms with Gasteiger partial charge in [-0.15, -0.1) is 0 Å². The Morgan fingerprint density at radius 3 is 1.89 bits per heavy atom. The van der Waals surface area contributed by atoms with E-state index in [1.165, 1.54) is 0 Å². The molecule has 8 aromatic rings. The molecule has 0 bridgehead atoms. The van der Waals surface area contributed by atoms with Gasteiger partial charge >= 0.3 is 0 Å². The molecule has 1 aromatic heterocycles. The van der Waals surface area contributed by atoms with Crippen LogP contribution in [0.15, 0.2) is 162 Å². The van der Waals surface area contributed by atoms with Crippen molar-refractivity contribution in [3.05, 3.63) is 180 Å². The molecule has 2 nitrogen and oxygen atoms in total. The highest BCUT2D eigenvalue weighted by Gasteiger charge is 2.51. The molecule has 2 heterocycles. The van der Waals surface area contributed by atoms with E-state index in [0.29, 0.717) is 21.9 Å². The number of para-hydroxylation sites is 2. The minimum absolute atomic E-state index is 0.178. The van der Waals surface area contributed by atoms with Gasteiger partial charge in [-0.05, 0) is 74.8 Å². The minimum Gasteiger partial charge on any atom is -0.457 e. The molecule has 0 radical (unpaired) electrons. The molecule has 0 N–H and O–H groups in total. The summed E-state index contributed by atoms with van der Waals surface area (Å²) in [7, 11) is 0. The average molecular weight is 594 g/mol. The fourth-order valence-electron chi connectivity index (χ4n) is 6.60. The molecule has 0 saturated carbocycles. The summed E-state index contributed by atoms with van der Waals surface area (Å²) in [6.45, 7) is 0. The smallest absolute Gasteiger partial charge is 0.136 e. The van der Waals surface area contributed by atoms with Gasteiger partial charge in [0.05, 0.1) is 31.5 Å². The van der Waals surface area contributed by atoms with E-state index in [4.69, 9.17) is 21.5 Å². The predicted octanol–water partition coefficient (Wildman–Crippen LogP) is 11.4. The molecule has 7 aromatic carbocycles. The molecule has 45 heavy (non-hydrogen) atoms. The summed E-state index contributed by atoms with van der Waals surface area (Å²) in [4.78, 5) is 0. The highest BCUT2D eigenvalue weighted by molar-refractivity contribution is 6.13. The first kappa shape index (κ1) is 12.6. The molecule has 0 amide bonds. The molecular weight excluding hydrogens is 548 g/mol. The van der Waals surface area contributed by atoms with Crippen LogP contribution < -0.4 is 4.74 Å². The van der Waals surface area contributed by atoms with E-state index in [2.05, 4.69) is 0 Å². The third-order valence-electron chi connectivity index (χ3n) is 8.37. The van der Waals surface area contributed by atoms with Gasteiger partial charge in [0.15, 0.2) is 0 Å². The summed E-state index contributed by atoms with van der Waals surface area (Å²) < 4.78 is 186. The molecular formula is C43H26O2. The van der Waals surface area contributed by atoms with Gasteiger partial charge in [-0.3, -0.25) is 0 Å². The summed E-state index contributed by atoms with van der Waals surface area (Å²) in [5.74, 6) is -1.45. The molecule has 1 aliphatic carbocycles. The van der Waals surface area contributed by atoms with Crippen molar-refractivity contribution in [1.82, 2.24) is 0 Å². The lowest BCUT2D eigenvalue weighted by atomic mass is 9.65. The zero-order valence-corrected chi connectivity index (χ0v) is 22.9. The third-order valence-corrected chi connectivity index (χ3v) is 8.37. The number of fused-ring (bicyclic) bond motifs is 12. The third kappa shape index (κ3) is 3.23. The Kier molecular flexibility index (Phi) is 2.55. The average Bonchev–Trinajstić information content (AvgIpc) is 3.82. The van der Waals surface area contributed by atoms with E-state index in [-0.39, 0.29) is 11.1 Å². The molecule has 0 atom stereocenters. The molecule has 210 valence electrons. The van der Waals surface area contributed by atoms with Gasteiger partial charge in [-0.1, -0.05) is 127 Å². The topological polar surface area (TPSA) is 22.4 Å². The normalized spacial score (nSPS) is 19.6. The lowest BCUT2D eigenvalue weighted by Gasteiger charge is -2.39. The maximum atomic E-state index is 10.3. The van der Waals surface area contributed by atoms with Crippen molar-refractivity contribution in [3.8, 4) is 44.9 Å². The second-order valence-corrected chi connectivity index (χ2v) is 10.5. The monoisotopic (exact) mass is 593 g/mol. The summed E-state index contributed by atoms with van der Waals surface area (Å²) in [5, 5.41) is 0.956. The summed E-state index contributed by atoms with van der Waals surface area (Å²) in [6, 6.07) is -3.90. The van der Waals surface area contributed by atoms with Crippen molar-refractivity contribution in [2.24, 2.45) is 0 Å². The Balaban J connectivity index is 1.49. The molecule has 10 rings (SSSR count). The van der Waals surface area contributed by atoms with Gasteiger partial charge in [0.1, 0.15) is 22.7 Å². The lowest BCUT2D eigenvalue weighted by Crippen LogP contribution is -2.32. The summed E-state index contributed by atoms with van der Waals surface area (Å²) >= 11 is 0. The zero-order valence-electron chi connectivity index (χ0n) is 41.9. The van der Waals surface area contributed by atoms with E-state index in [0.717, 1.165) is 0 Å². The van der Waals surface area contributed by atoms with Crippen LogP contribution in [0.2, 0.25) is 0 Å². The molecule has 1 spiro atoms. The molecule has 1 aliphatic heterocycles. The van der Waals surface area contributed by atoms with Crippen molar-refractivity contribution in [3.63, 3.8) is 0 Å². The highest BCUT2D eigenvalue weighted by atomic mass is 16.5. The maximum Gasteiger partial charge on any atom is 0.136 e. The van der Waals surface area contributed by atoms with E-state index in [1.54, 1.807) is 42.5 Å². The number of hydrogen-bond acceptors (Lipinski definition) is 2. The van der Waals surface area contributed by atoms with Crippen LogP contribution in [0.1, 0.15) is 48.3 Å². The van der Waals surface area contributed by atoms with Gasteiger partial charge in [0.2, 0.25) is 0 Å². The van der Waals surface area contributed by atoms with Crippen LogP contribution in [0.3, 0.4) is 0 Å². The zero-order chi connectivity index (χ0) is 46.1. The van der Waals surface area contributed by atoms with Crippen molar-refractivity contribution in [2.45, 2.75) is 5.41 Å². The molecule has 0 saturated heterocycles. The number of hydrogen-bond donors (Lipinski definition) is 0. The second-order valence-electron chi connectivity index (χ2n) is 10.5. The maximum absolute atomic E-state index is 10.3. The Morgan fingerprint density at radius 2 is 1.09 bits per heavy atom. The van der Waals surface area contributed by atoms with E-state index in [9.17, 15) is 13.7 Å². The fourth-order valence-corrected chi connectivity index (χ4v) is 6.60. The first-order chi connectivity index (χ1) is 30.2. The van der Waals surface area contributed by atoms with Crippen molar-refractivity contribution >= 4 is 21.9 Å². The van der Waals surface area contributed by atoms with Crippen LogP contribution in [0.5, 0.6) is 11.5 Å². The Bertz CT molecular complexity index is 3470. The largest absolute Gasteiger partial charge is 0.457 e. The number of benzene rings is 7. The van der Waals surface area contributed by atoms with Crippen LogP contribution in [-0.2, 0) is 5.41 Å². The van der Waals surface area contributed by atoms with Gasteiger partial charge in [0.25, 0.3) is 0 Å². The predicted molar refractivity (Wildman–Crippen MR) is 182 cm³/mol. The Hall–Kier alpha value is -5.86. The quantitative estimate of drug-likeness (QED) is 0.199. The van der Waals surface area contributed by atoms with Crippen molar-refractivity contribution < 1.29 is 35.2 Å². The molecule has 2 aliphatic rings. The number of rotatable bonds is 2. The van der Waals surface area contributed by atoms with Crippen LogP contribution >= 0.6 is 0 Å². The number of furan rings is 1. The van der Waals surface area contributed by atoms with E-state index >= 15 is 0 Å². The minimum atomic E-state index is -2.77. The number of ether oxygens (including phenoxy) is 1. The lowest BCUT2D eigenvalue weighted by molar-refractivity contribution is 0.436. The Morgan fingerprint density at radius 1 is 0.467 bits per heavy atom. The molecule has 0 fully saturated rings. The first-order valence-corrected chi connectivity index (χ1v) is 13.9. The SMILES string of the molecule is [2H]c1c([2H])c([2H])c2c(c1[2H])Oc1c([2H])c([2H])c(-c3c([2H])c([2H])c([2H])c([2H])c3-c3cccc4oc5ccccc5c34)c([2H])c1C21c2c([2H])c([2H])c([2H])c([2H])c2-c2c([2H])c([2H])c([2H])c([2H])c21. The molecule has 2 heteroatoms. The van der Waals surface area contributed by atoms with Gasteiger partial charge in [-0.25, -0.2) is 0 Å². The van der Waals surface area contributed by atoms with Crippen LogP contribution in [0.25, 0.3) is 55.3 Å². The Labute approximate surface area is 287 Å². The van der Waals surface area contributed by atoms with Gasteiger partial charge < -0.3 is 9.15 Å². The second kappa shape index (κ2) is 9.07. The van der Waals surface area contributed by atoms with Crippen molar-refractivity contribution in [1.29, 1.82) is 0 Å².